The topological polar surface area (TPSA) is 99.2 Å². The number of carbonyl (C=O) groups excluding carboxylic acids is 2. The van der Waals surface area contributed by atoms with E-state index in [0.29, 0.717) is 37.2 Å². The number of hydrogen-bond donors (Lipinski definition) is 2. The van der Waals surface area contributed by atoms with Gasteiger partial charge in [-0.3, -0.25) is 9.59 Å². The molecule has 1 fully saturated rings. The summed E-state index contributed by atoms with van der Waals surface area (Å²) in [5.74, 6) is 0.0827. The molecule has 2 aromatic carbocycles. The fourth-order valence-corrected chi connectivity index (χ4v) is 3.80. The Morgan fingerprint density at radius 2 is 1.87 bits per heavy atom. The molecule has 0 aliphatic heterocycles. The first-order valence-electron chi connectivity index (χ1n) is 10.5. The molecule has 0 spiro atoms. The Labute approximate surface area is 177 Å². The molecule has 6 nitrogen and oxygen atoms in total. The van der Waals surface area contributed by atoms with E-state index in [4.69, 9.17) is 11.0 Å². The summed E-state index contributed by atoms with van der Waals surface area (Å²) in [5.41, 5.74) is 8.42. The Morgan fingerprint density at radius 3 is 2.53 bits per heavy atom. The first-order chi connectivity index (χ1) is 14.6. The second kappa shape index (κ2) is 10.6. The van der Waals surface area contributed by atoms with Gasteiger partial charge >= 0.3 is 0 Å². The average molecular weight is 405 g/mol. The number of nitriles is 1. The van der Waals surface area contributed by atoms with Crippen LogP contribution in [0.3, 0.4) is 0 Å². The lowest BCUT2D eigenvalue weighted by atomic mass is 10.1. The van der Waals surface area contributed by atoms with Gasteiger partial charge in [-0.2, -0.15) is 5.26 Å². The largest absolute Gasteiger partial charge is 0.334 e. The summed E-state index contributed by atoms with van der Waals surface area (Å²) in [6.07, 6.45) is 4.84. The number of anilines is 1. The van der Waals surface area contributed by atoms with E-state index < -0.39 is 0 Å². The molecule has 1 aliphatic rings. The van der Waals surface area contributed by atoms with Crippen LogP contribution in [0.15, 0.2) is 48.5 Å². The van der Waals surface area contributed by atoms with Crippen LogP contribution in [0.5, 0.6) is 0 Å². The third-order valence-electron chi connectivity index (χ3n) is 5.47. The van der Waals surface area contributed by atoms with Gasteiger partial charge in [-0.25, -0.2) is 0 Å². The molecule has 0 unspecified atom stereocenters. The number of amides is 2. The highest BCUT2D eigenvalue weighted by atomic mass is 16.2. The van der Waals surface area contributed by atoms with Crippen LogP contribution in [0, 0.1) is 17.2 Å². The maximum Gasteiger partial charge on any atom is 0.254 e. The fraction of sp³-hybridized carbons (Fsp3) is 0.375. The Balaban J connectivity index is 1.71. The highest BCUT2D eigenvalue weighted by molar-refractivity contribution is 5.94. The predicted molar refractivity (Wildman–Crippen MR) is 117 cm³/mol. The van der Waals surface area contributed by atoms with Crippen LogP contribution in [0.25, 0.3) is 0 Å². The highest BCUT2D eigenvalue weighted by Crippen LogP contribution is 2.26. The second-order valence-corrected chi connectivity index (χ2v) is 7.73. The Kier molecular flexibility index (Phi) is 7.58. The first kappa shape index (κ1) is 21.5. The van der Waals surface area contributed by atoms with Gasteiger partial charge < -0.3 is 16.0 Å². The summed E-state index contributed by atoms with van der Waals surface area (Å²) < 4.78 is 0. The average Bonchev–Trinajstić information content (AvgIpc) is 3.32. The van der Waals surface area contributed by atoms with Gasteiger partial charge in [0.1, 0.15) is 0 Å². The van der Waals surface area contributed by atoms with Crippen LogP contribution in [0.1, 0.15) is 53.6 Å². The molecule has 0 saturated heterocycles. The normalized spacial score (nSPS) is 13.6. The lowest BCUT2D eigenvalue weighted by Gasteiger charge is -2.23. The monoisotopic (exact) mass is 404 g/mol. The minimum absolute atomic E-state index is 0.0818. The van der Waals surface area contributed by atoms with E-state index in [0.717, 1.165) is 36.9 Å². The fourth-order valence-electron chi connectivity index (χ4n) is 3.80. The molecular formula is C24H28N4O2. The number of hydrogen-bond acceptors (Lipinski definition) is 4. The zero-order valence-corrected chi connectivity index (χ0v) is 17.1. The van der Waals surface area contributed by atoms with Gasteiger partial charge in [0.15, 0.2) is 0 Å². The van der Waals surface area contributed by atoms with Crippen LogP contribution in [-0.2, 0) is 11.3 Å². The van der Waals surface area contributed by atoms with E-state index in [9.17, 15) is 9.59 Å². The third kappa shape index (κ3) is 5.68. The number of rotatable bonds is 8. The quantitative estimate of drug-likeness (QED) is 0.701. The van der Waals surface area contributed by atoms with Crippen LogP contribution in [-0.4, -0.2) is 29.8 Å². The second-order valence-electron chi connectivity index (χ2n) is 7.73. The maximum absolute atomic E-state index is 13.0. The van der Waals surface area contributed by atoms with Crippen molar-refractivity contribution in [2.75, 3.05) is 18.4 Å². The van der Waals surface area contributed by atoms with Crippen LogP contribution < -0.4 is 11.1 Å². The molecule has 0 heterocycles. The lowest BCUT2D eigenvalue weighted by Crippen LogP contribution is -2.32. The number of carbonyl (C=O) groups is 2. The SMILES string of the molecule is N#Cc1ccc(C(=O)N(CCCN)Cc2cccc(NC(=O)C3CCCC3)c2)cc1. The summed E-state index contributed by atoms with van der Waals surface area (Å²) in [4.78, 5) is 27.2. The summed E-state index contributed by atoms with van der Waals surface area (Å²) in [6, 6.07) is 16.4. The van der Waals surface area contributed by atoms with Crippen LogP contribution >= 0.6 is 0 Å². The van der Waals surface area contributed by atoms with Crippen molar-refractivity contribution in [1.82, 2.24) is 4.90 Å². The van der Waals surface area contributed by atoms with Crippen molar-refractivity contribution < 1.29 is 9.59 Å². The minimum atomic E-state index is -0.103. The molecule has 0 bridgehead atoms. The lowest BCUT2D eigenvalue weighted by molar-refractivity contribution is -0.119. The van der Waals surface area contributed by atoms with Crippen molar-refractivity contribution in [2.45, 2.75) is 38.6 Å². The van der Waals surface area contributed by atoms with Gasteiger partial charge in [0, 0.05) is 30.3 Å². The van der Waals surface area contributed by atoms with Crippen molar-refractivity contribution in [1.29, 1.82) is 5.26 Å². The zero-order chi connectivity index (χ0) is 21.3. The van der Waals surface area contributed by atoms with Crippen molar-refractivity contribution in [2.24, 2.45) is 11.7 Å². The number of nitrogens with two attached hydrogens (primary N) is 1. The van der Waals surface area contributed by atoms with Crippen molar-refractivity contribution in [3.05, 3.63) is 65.2 Å². The van der Waals surface area contributed by atoms with Crippen molar-refractivity contribution >= 4 is 17.5 Å². The van der Waals surface area contributed by atoms with E-state index in [2.05, 4.69) is 11.4 Å². The van der Waals surface area contributed by atoms with Crippen molar-refractivity contribution in [3.8, 4) is 6.07 Å². The molecule has 0 radical (unpaired) electrons. The standard InChI is InChI=1S/C24H28N4O2/c25-13-4-14-28(24(30)21-11-9-18(16-26)10-12-21)17-19-5-3-8-22(15-19)27-23(29)20-6-1-2-7-20/h3,5,8-12,15,20H,1-2,4,6-7,13-14,17,25H2,(H,27,29). The predicted octanol–water partition coefficient (Wildman–Crippen LogP) is 3.68. The van der Waals surface area contributed by atoms with E-state index in [1.807, 2.05) is 24.3 Å². The smallest absolute Gasteiger partial charge is 0.254 e. The Morgan fingerprint density at radius 1 is 1.13 bits per heavy atom. The first-order valence-corrected chi connectivity index (χ1v) is 10.5. The van der Waals surface area contributed by atoms with Gasteiger partial charge in [0.2, 0.25) is 5.91 Å². The molecule has 0 aromatic heterocycles. The molecule has 3 rings (SSSR count). The summed E-state index contributed by atoms with van der Waals surface area (Å²) in [7, 11) is 0. The third-order valence-corrected chi connectivity index (χ3v) is 5.47. The Bertz CT molecular complexity index is 912. The van der Waals surface area contributed by atoms with Gasteiger partial charge in [0.25, 0.3) is 5.91 Å². The summed E-state index contributed by atoms with van der Waals surface area (Å²) >= 11 is 0. The van der Waals surface area contributed by atoms with E-state index >= 15 is 0 Å². The van der Waals surface area contributed by atoms with Gasteiger partial charge in [0.05, 0.1) is 11.6 Å². The summed E-state index contributed by atoms with van der Waals surface area (Å²) in [6.45, 7) is 1.45. The molecular weight excluding hydrogens is 376 g/mol. The maximum atomic E-state index is 13.0. The zero-order valence-electron chi connectivity index (χ0n) is 17.1. The number of nitrogens with one attached hydrogen (secondary N) is 1. The molecule has 3 N–H and O–H groups in total. The molecule has 2 aromatic rings. The molecule has 6 heteroatoms. The van der Waals surface area contributed by atoms with Crippen molar-refractivity contribution in [3.63, 3.8) is 0 Å². The number of benzene rings is 2. The van der Waals surface area contributed by atoms with Crippen LogP contribution in [0.4, 0.5) is 5.69 Å². The van der Waals surface area contributed by atoms with Gasteiger partial charge in [-0.05, 0) is 67.8 Å². The minimum Gasteiger partial charge on any atom is -0.334 e. The molecule has 1 aliphatic carbocycles. The molecule has 1 saturated carbocycles. The molecule has 0 atom stereocenters. The molecule has 2 amide bonds. The van der Waals surface area contributed by atoms with E-state index in [1.54, 1.807) is 29.2 Å². The van der Waals surface area contributed by atoms with E-state index in [1.165, 1.54) is 0 Å². The van der Waals surface area contributed by atoms with Gasteiger partial charge in [-0.15, -0.1) is 0 Å². The molecule has 30 heavy (non-hydrogen) atoms. The number of nitrogens with zero attached hydrogens (tertiary/aromatic N) is 2. The highest BCUT2D eigenvalue weighted by Gasteiger charge is 2.22. The van der Waals surface area contributed by atoms with Gasteiger partial charge in [-0.1, -0.05) is 25.0 Å². The summed E-state index contributed by atoms with van der Waals surface area (Å²) in [5, 5.41) is 12.0. The van der Waals surface area contributed by atoms with E-state index in [-0.39, 0.29) is 17.7 Å². The Hall–Kier alpha value is -3.17. The van der Waals surface area contributed by atoms with Crippen LogP contribution in [0.2, 0.25) is 0 Å². The molecule has 156 valence electrons.